The molecule has 1 atom stereocenters. The van der Waals surface area contributed by atoms with E-state index in [1.165, 1.54) is 56.3 Å². The maximum absolute atomic E-state index is 3.29. The van der Waals surface area contributed by atoms with Gasteiger partial charge in [-0.05, 0) is 25.0 Å². The minimum atomic E-state index is 0. The number of benzene rings is 1. The molecule has 0 amide bonds. The monoisotopic (exact) mass is 406 g/mol. The van der Waals surface area contributed by atoms with Crippen LogP contribution in [0.5, 0.6) is 0 Å². The molecular weight excluding hydrogens is 373 g/mol. The fourth-order valence-electron chi connectivity index (χ4n) is 2.72. The quantitative estimate of drug-likeness (QED) is 0.197. The second-order valence-electron chi connectivity index (χ2n) is 6.33. The van der Waals surface area contributed by atoms with Crippen LogP contribution < -0.4 is 0 Å². The standard InChI is InChI=1S/C21H33S.Y/c1-4-6-8-9-10-11-15-19-21(3,18-7-5-2)22-20-16-13-12-14-17-20;/h8,12-14,16-17H,4-5,7,9-11,15,18-19H2,1-3H3;/q-1;. The topological polar surface area (TPSA) is 0 Å². The van der Waals surface area contributed by atoms with E-state index in [4.69, 9.17) is 0 Å². The van der Waals surface area contributed by atoms with E-state index in [0.717, 1.165) is 6.42 Å². The fourth-order valence-corrected chi connectivity index (χ4v) is 4.07. The first-order valence-electron chi connectivity index (χ1n) is 8.99. The number of thioether (sulfide) groups is 1. The van der Waals surface area contributed by atoms with Crippen LogP contribution in [0.1, 0.15) is 78.6 Å². The third kappa shape index (κ3) is 11.6. The summed E-state index contributed by atoms with van der Waals surface area (Å²) >= 11 is 2.08. The summed E-state index contributed by atoms with van der Waals surface area (Å²) in [4.78, 5) is 1.42. The van der Waals surface area contributed by atoms with Gasteiger partial charge in [-0.15, -0.1) is 11.8 Å². The van der Waals surface area contributed by atoms with E-state index >= 15 is 0 Å². The van der Waals surface area contributed by atoms with E-state index in [2.05, 4.69) is 75.0 Å². The van der Waals surface area contributed by atoms with Crippen molar-refractivity contribution in [2.24, 2.45) is 0 Å². The van der Waals surface area contributed by atoms with E-state index in [9.17, 15) is 0 Å². The van der Waals surface area contributed by atoms with Gasteiger partial charge in [-0.3, -0.25) is 6.08 Å². The molecule has 0 aliphatic heterocycles. The van der Waals surface area contributed by atoms with E-state index < -0.39 is 0 Å². The molecule has 1 aromatic carbocycles. The molecular formula is C21H33SY-. The first-order chi connectivity index (χ1) is 10.7. The molecule has 0 fully saturated rings. The molecule has 1 aromatic rings. The predicted molar refractivity (Wildman–Crippen MR) is 101 cm³/mol. The van der Waals surface area contributed by atoms with Gasteiger partial charge in [-0.2, -0.15) is 6.42 Å². The van der Waals surface area contributed by atoms with Crippen molar-refractivity contribution in [1.29, 1.82) is 0 Å². The summed E-state index contributed by atoms with van der Waals surface area (Å²) in [5.74, 6) is 0. The van der Waals surface area contributed by atoms with Crippen LogP contribution in [0.3, 0.4) is 0 Å². The predicted octanol–water partition coefficient (Wildman–Crippen LogP) is 7.44. The third-order valence-corrected chi connectivity index (χ3v) is 5.48. The van der Waals surface area contributed by atoms with E-state index in [-0.39, 0.29) is 32.7 Å². The van der Waals surface area contributed by atoms with Crippen molar-refractivity contribution in [1.82, 2.24) is 0 Å². The Bertz CT molecular complexity index is 402. The zero-order valence-electron chi connectivity index (χ0n) is 15.3. The molecule has 0 aromatic heterocycles. The normalized spacial score (nSPS) is 13.7. The van der Waals surface area contributed by atoms with Gasteiger partial charge in [0.05, 0.1) is 0 Å². The fraction of sp³-hybridized carbons (Fsp3) is 0.619. The molecule has 0 nitrogen and oxygen atoms in total. The van der Waals surface area contributed by atoms with Gasteiger partial charge in [0.1, 0.15) is 0 Å². The van der Waals surface area contributed by atoms with Gasteiger partial charge in [0.15, 0.2) is 0 Å². The summed E-state index contributed by atoms with van der Waals surface area (Å²) in [5, 5.41) is 0. The zero-order valence-corrected chi connectivity index (χ0v) is 19.0. The Morgan fingerprint density at radius 3 is 2.35 bits per heavy atom. The summed E-state index contributed by atoms with van der Waals surface area (Å²) in [6, 6.07) is 10.9. The number of hydrogen-bond acceptors (Lipinski definition) is 1. The molecule has 0 N–H and O–H groups in total. The Kier molecular flexibility index (Phi) is 15.0. The number of allylic oxidation sites excluding steroid dienone is 2. The second kappa shape index (κ2) is 14.7. The van der Waals surface area contributed by atoms with Gasteiger partial charge in [0.2, 0.25) is 0 Å². The smallest absolute Gasteiger partial charge is 0.0179 e. The van der Waals surface area contributed by atoms with Crippen molar-refractivity contribution in [2.75, 3.05) is 0 Å². The third-order valence-electron chi connectivity index (χ3n) is 4.07. The van der Waals surface area contributed by atoms with Crippen LogP contribution in [0.15, 0.2) is 41.3 Å². The van der Waals surface area contributed by atoms with Crippen LogP contribution in [0, 0.1) is 6.08 Å². The summed E-state index contributed by atoms with van der Waals surface area (Å²) in [6.45, 7) is 6.91. The average molecular weight is 406 g/mol. The van der Waals surface area contributed by atoms with Crippen LogP contribution in [0.4, 0.5) is 0 Å². The molecule has 2 heteroatoms. The minimum Gasteiger partial charge on any atom is -0.501 e. The van der Waals surface area contributed by atoms with Crippen molar-refractivity contribution < 1.29 is 32.7 Å². The SMILES string of the molecule is CC[C-]=CCCCCCC(C)(CCCC)Sc1ccccc1.[Y]. The van der Waals surface area contributed by atoms with Crippen LogP contribution in [-0.2, 0) is 32.7 Å². The largest absolute Gasteiger partial charge is 0.501 e. The molecule has 0 aliphatic rings. The molecule has 1 rings (SSSR count). The first-order valence-corrected chi connectivity index (χ1v) is 9.81. The Labute approximate surface area is 174 Å². The zero-order chi connectivity index (χ0) is 16.1. The van der Waals surface area contributed by atoms with Gasteiger partial charge < -0.3 is 6.08 Å². The van der Waals surface area contributed by atoms with Gasteiger partial charge >= 0.3 is 0 Å². The molecule has 0 saturated heterocycles. The van der Waals surface area contributed by atoms with Crippen molar-refractivity contribution in [3.05, 3.63) is 42.5 Å². The first kappa shape index (κ1) is 23.4. The van der Waals surface area contributed by atoms with E-state index in [0.29, 0.717) is 4.75 Å². The summed E-state index contributed by atoms with van der Waals surface area (Å²) in [7, 11) is 0. The van der Waals surface area contributed by atoms with Crippen LogP contribution >= 0.6 is 11.8 Å². The Morgan fingerprint density at radius 2 is 1.70 bits per heavy atom. The minimum absolute atomic E-state index is 0. The van der Waals surface area contributed by atoms with Gasteiger partial charge in [0, 0.05) is 42.4 Å². The summed E-state index contributed by atoms with van der Waals surface area (Å²) in [6.07, 6.45) is 17.0. The van der Waals surface area contributed by atoms with Gasteiger partial charge in [0.25, 0.3) is 0 Å². The van der Waals surface area contributed by atoms with E-state index in [1.54, 1.807) is 0 Å². The molecule has 0 spiro atoms. The Balaban J connectivity index is 0.00000484. The van der Waals surface area contributed by atoms with Crippen LogP contribution in [0.2, 0.25) is 0 Å². The van der Waals surface area contributed by atoms with Crippen LogP contribution in [-0.4, -0.2) is 4.75 Å². The van der Waals surface area contributed by atoms with Crippen LogP contribution in [0.25, 0.3) is 0 Å². The molecule has 0 heterocycles. The molecule has 0 saturated carbocycles. The molecule has 0 bridgehead atoms. The van der Waals surface area contributed by atoms with Gasteiger partial charge in [-0.25, -0.2) is 0 Å². The molecule has 0 aliphatic carbocycles. The number of hydrogen-bond donors (Lipinski definition) is 0. The van der Waals surface area contributed by atoms with Crippen molar-refractivity contribution in [3.8, 4) is 0 Å². The molecule has 1 unspecified atom stereocenters. The van der Waals surface area contributed by atoms with Gasteiger partial charge in [-0.1, -0.05) is 77.5 Å². The summed E-state index contributed by atoms with van der Waals surface area (Å²) < 4.78 is 0.392. The van der Waals surface area contributed by atoms with Crippen molar-refractivity contribution >= 4 is 11.8 Å². The maximum atomic E-state index is 3.29. The number of unbranched alkanes of at least 4 members (excludes halogenated alkanes) is 4. The Morgan fingerprint density at radius 1 is 1.00 bits per heavy atom. The number of rotatable bonds is 12. The molecule has 1 radical (unpaired) electrons. The van der Waals surface area contributed by atoms with E-state index in [1.807, 2.05) is 0 Å². The van der Waals surface area contributed by atoms with Crippen molar-refractivity contribution in [3.63, 3.8) is 0 Å². The molecule has 23 heavy (non-hydrogen) atoms. The molecule has 127 valence electrons. The average Bonchev–Trinajstić information content (AvgIpc) is 2.53. The Hall–Kier alpha value is 0.414. The maximum Gasteiger partial charge on any atom is 0.0179 e. The second-order valence-corrected chi connectivity index (χ2v) is 7.99. The summed E-state index contributed by atoms with van der Waals surface area (Å²) in [5.41, 5.74) is 0. The van der Waals surface area contributed by atoms with Crippen molar-refractivity contribution in [2.45, 2.75) is 88.2 Å².